The van der Waals surface area contributed by atoms with Crippen molar-refractivity contribution in [2.75, 3.05) is 13.1 Å². The minimum atomic E-state index is -3.90. The van der Waals surface area contributed by atoms with E-state index in [-0.39, 0.29) is 30.1 Å². The molecule has 1 fully saturated rings. The van der Waals surface area contributed by atoms with Gasteiger partial charge in [0.1, 0.15) is 23.7 Å². The summed E-state index contributed by atoms with van der Waals surface area (Å²) in [5.74, 6) is -1.18. The van der Waals surface area contributed by atoms with Crippen molar-refractivity contribution in [1.82, 2.24) is 14.9 Å². The molecular weight excluding hydrogens is 558 g/mol. The van der Waals surface area contributed by atoms with Gasteiger partial charge >= 0.3 is 5.97 Å². The van der Waals surface area contributed by atoms with Gasteiger partial charge in [-0.3, -0.25) is 19.9 Å². The Morgan fingerprint density at radius 3 is 2.43 bits per heavy atom. The summed E-state index contributed by atoms with van der Waals surface area (Å²) in [7, 11) is -3.90. The third-order valence-electron chi connectivity index (χ3n) is 7.03. The second-order valence-electron chi connectivity index (χ2n) is 10.2. The zero-order valence-electron chi connectivity index (χ0n) is 23.7. The maximum absolute atomic E-state index is 13.1. The van der Waals surface area contributed by atoms with Crippen molar-refractivity contribution in [2.45, 2.75) is 75.3 Å². The van der Waals surface area contributed by atoms with Gasteiger partial charge in [0.15, 0.2) is 6.19 Å². The molecule has 3 rings (SSSR count). The Kier molecular flexibility index (Phi) is 12.2. The number of rotatable bonds is 15. The molecule has 0 spiro atoms. The number of unbranched alkanes of at least 4 members (excludes halogenated alkanes) is 2. The molecule has 224 valence electrons. The fourth-order valence-corrected chi connectivity index (χ4v) is 6.49. The van der Waals surface area contributed by atoms with Gasteiger partial charge in [0.05, 0.1) is 4.90 Å². The molecule has 2 atom stereocenters. The first-order valence-corrected chi connectivity index (χ1v) is 15.4. The fourth-order valence-electron chi connectivity index (χ4n) is 4.81. The van der Waals surface area contributed by atoms with E-state index < -0.39 is 34.0 Å². The van der Waals surface area contributed by atoms with Gasteiger partial charge < -0.3 is 10.4 Å². The predicted octanol–water partition coefficient (Wildman–Crippen LogP) is 2.81. The van der Waals surface area contributed by atoms with E-state index in [0.717, 1.165) is 29.1 Å². The average Bonchev–Trinajstić information content (AvgIpc) is 3.47. The molecule has 1 amide bonds. The topological polar surface area (TPSA) is 169 Å². The summed E-state index contributed by atoms with van der Waals surface area (Å²) in [6.07, 6.45) is 5.79. The first-order chi connectivity index (χ1) is 20.1. The van der Waals surface area contributed by atoms with Crippen LogP contribution in [0.25, 0.3) is 0 Å². The Morgan fingerprint density at radius 1 is 1.07 bits per heavy atom. The number of carboxylic acid groups (broad SMARTS) is 1. The second-order valence-corrected chi connectivity index (χ2v) is 12.1. The highest BCUT2D eigenvalue weighted by atomic mass is 32.2. The van der Waals surface area contributed by atoms with Crippen LogP contribution in [0, 0.1) is 11.5 Å². The van der Waals surface area contributed by atoms with Gasteiger partial charge in [-0.1, -0.05) is 48.9 Å². The molecule has 1 aliphatic heterocycles. The number of aliphatic carboxylic acids is 1. The lowest BCUT2D eigenvalue weighted by atomic mass is 10.00. The number of amides is 1. The Labute approximate surface area is 246 Å². The van der Waals surface area contributed by atoms with Crippen LogP contribution in [0.3, 0.4) is 0 Å². The molecule has 1 heterocycles. The predicted molar refractivity (Wildman–Crippen MR) is 157 cm³/mol. The molecule has 0 aliphatic carbocycles. The number of amidine groups is 1. The number of nitrogens with one attached hydrogen (secondary N) is 2. The van der Waals surface area contributed by atoms with E-state index >= 15 is 0 Å². The third-order valence-corrected chi connectivity index (χ3v) is 8.96. The molecule has 2 aromatic carbocycles. The molecule has 0 saturated carbocycles. The Morgan fingerprint density at radius 2 is 1.76 bits per heavy atom. The summed E-state index contributed by atoms with van der Waals surface area (Å²) in [4.78, 5) is 41.7. The van der Waals surface area contributed by atoms with Crippen molar-refractivity contribution in [3.63, 3.8) is 0 Å². The number of Topliss-reactive ketones (excluding diaryl/α,β-unsaturated/α-hetero) is 1. The summed E-state index contributed by atoms with van der Waals surface area (Å²) in [6.45, 7) is 2.50. The van der Waals surface area contributed by atoms with Gasteiger partial charge in [0.2, 0.25) is 15.9 Å². The number of carbonyl (C=O) groups excluding carboxylic acids is 2. The van der Waals surface area contributed by atoms with E-state index in [1.54, 1.807) is 49.4 Å². The maximum Gasteiger partial charge on any atom is 0.326 e. The van der Waals surface area contributed by atoms with Crippen molar-refractivity contribution in [3.05, 3.63) is 65.7 Å². The highest BCUT2D eigenvalue weighted by Crippen LogP contribution is 2.26. The minimum Gasteiger partial charge on any atom is -0.480 e. The summed E-state index contributed by atoms with van der Waals surface area (Å²) in [5.41, 5.74) is 1.48. The van der Waals surface area contributed by atoms with E-state index in [2.05, 4.69) is 15.6 Å². The molecule has 42 heavy (non-hydrogen) atoms. The second kappa shape index (κ2) is 15.8. The van der Waals surface area contributed by atoms with Gasteiger partial charge in [-0.25, -0.2) is 13.2 Å². The molecule has 0 radical (unpaired) electrons. The van der Waals surface area contributed by atoms with Gasteiger partial charge in [0.25, 0.3) is 0 Å². The summed E-state index contributed by atoms with van der Waals surface area (Å²) in [6, 6.07) is 12.7. The lowest BCUT2D eigenvalue weighted by Crippen LogP contribution is -2.51. The first-order valence-electron chi connectivity index (χ1n) is 14.0. The van der Waals surface area contributed by atoms with Crippen LogP contribution in [0.2, 0.25) is 0 Å². The number of benzene rings is 2. The Hall–Kier alpha value is -4.08. The van der Waals surface area contributed by atoms with Crippen LogP contribution in [-0.4, -0.2) is 66.5 Å². The SMILES string of the molecule is CC(=NCCCCCC(=O)Cc1ccc(C[C@H](NC(=O)[C@@H]2CCCN2S(=O)(=O)c2ccccc2)C(=O)O)cc1)NC#N. The Bertz CT molecular complexity index is 1400. The number of nitrogens with zero attached hydrogens (tertiary/aromatic N) is 3. The van der Waals surface area contributed by atoms with Crippen LogP contribution in [0.4, 0.5) is 0 Å². The van der Waals surface area contributed by atoms with Gasteiger partial charge in [0, 0.05) is 32.4 Å². The number of hydrogen-bond acceptors (Lipinski definition) is 7. The molecule has 1 aliphatic rings. The van der Waals surface area contributed by atoms with Gasteiger partial charge in [-0.2, -0.15) is 9.57 Å². The van der Waals surface area contributed by atoms with Crippen LogP contribution in [0.15, 0.2) is 64.5 Å². The van der Waals surface area contributed by atoms with Crippen molar-refractivity contribution >= 4 is 33.5 Å². The highest BCUT2D eigenvalue weighted by Gasteiger charge is 2.40. The number of nitriles is 1. The molecular formula is C30H37N5O6S. The van der Waals surface area contributed by atoms with E-state index in [1.807, 2.05) is 6.19 Å². The summed E-state index contributed by atoms with van der Waals surface area (Å²) < 4.78 is 27.3. The molecule has 12 heteroatoms. The summed E-state index contributed by atoms with van der Waals surface area (Å²) >= 11 is 0. The number of ketones is 1. The molecule has 0 unspecified atom stereocenters. The van der Waals surface area contributed by atoms with E-state index in [9.17, 15) is 27.9 Å². The molecule has 0 aromatic heterocycles. The number of carboxylic acids is 1. The number of aliphatic imine (C=N–C) groups is 1. The lowest BCUT2D eigenvalue weighted by Gasteiger charge is -2.25. The standard InChI is InChI=1S/C30H37N5O6S/c1-22(33-21-31)32-17-7-3-4-9-25(36)19-23-13-15-24(16-14-23)20-27(30(38)39)34-29(37)28-12-8-18-35(28)42(40,41)26-10-5-2-6-11-26/h2,5-6,10-11,13-16,27-28H,3-4,7-9,12,17-20H2,1H3,(H,32,33)(H,34,37)(H,38,39)/t27-,28-/m0/s1. The normalized spacial score (nSPS) is 16.4. The van der Waals surface area contributed by atoms with Crippen molar-refractivity contribution in [1.29, 1.82) is 5.26 Å². The zero-order valence-corrected chi connectivity index (χ0v) is 24.5. The minimum absolute atomic E-state index is 0.0132. The maximum atomic E-state index is 13.1. The number of carbonyl (C=O) groups is 3. The van der Waals surface area contributed by atoms with Crippen LogP contribution in [0.1, 0.15) is 56.6 Å². The smallest absolute Gasteiger partial charge is 0.326 e. The van der Waals surface area contributed by atoms with Gasteiger partial charge in [-0.15, -0.1) is 0 Å². The van der Waals surface area contributed by atoms with Crippen molar-refractivity contribution in [3.8, 4) is 6.19 Å². The van der Waals surface area contributed by atoms with E-state index in [0.29, 0.717) is 37.2 Å². The molecule has 11 nitrogen and oxygen atoms in total. The number of hydrogen-bond donors (Lipinski definition) is 3. The quantitative estimate of drug-likeness (QED) is 0.0928. The largest absolute Gasteiger partial charge is 0.480 e. The number of sulfonamides is 1. The van der Waals surface area contributed by atoms with E-state index in [4.69, 9.17) is 5.26 Å². The Balaban J connectivity index is 1.50. The summed E-state index contributed by atoms with van der Waals surface area (Å²) in [5, 5.41) is 23.3. The van der Waals surface area contributed by atoms with Crippen LogP contribution >= 0.6 is 0 Å². The van der Waals surface area contributed by atoms with Crippen molar-refractivity contribution < 1.29 is 27.9 Å². The first kappa shape index (κ1) is 32.4. The monoisotopic (exact) mass is 595 g/mol. The molecule has 1 saturated heterocycles. The van der Waals surface area contributed by atoms with Crippen LogP contribution in [0.5, 0.6) is 0 Å². The van der Waals surface area contributed by atoms with Gasteiger partial charge in [-0.05, 0) is 55.9 Å². The van der Waals surface area contributed by atoms with Crippen LogP contribution < -0.4 is 10.6 Å². The average molecular weight is 596 g/mol. The van der Waals surface area contributed by atoms with E-state index in [1.165, 1.54) is 12.1 Å². The lowest BCUT2D eigenvalue weighted by molar-refractivity contribution is -0.142. The van der Waals surface area contributed by atoms with Crippen LogP contribution in [-0.2, 0) is 37.2 Å². The third kappa shape index (κ3) is 9.49. The zero-order chi connectivity index (χ0) is 30.5. The molecule has 0 bridgehead atoms. The molecule has 3 N–H and O–H groups in total. The fraction of sp³-hybridized carbons (Fsp3) is 0.433. The highest BCUT2D eigenvalue weighted by molar-refractivity contribution is 7.89. The van der Waals surface area contributed by atoms with Crippen molar-refractivity contribution in [2.24, 2.45) is 4.99 Å². The molecule has 2 aromatic rings.